The molecule has 1 unspecified atom stereocenters. The molecule has 1 atom stereocenters. The number of nitrogens with one attached hydrogen (secondary N) is 2. The summed E-state index contributed by atoms with van der Waals surface area (Å²) >= 11 is 0. The number of rotatable bonds is 5. The van der Waals surface area contributed by atoms with Crippen molar-refractivity contribution in [3.05, 3.63) is 0 Å². The number of hydrogen-bond acceptors (Lipinski definition) is 3. The van der Waals surface area contributed by atoms with Gasteiger partial charge >= 0.3 is 0 Å². The van der Waals surface area contributed by atoms with Crippen LogP contribution in [0.4, 0.5) is 0 Å². The normalized spacial score (nSPS) is 30.7. The van der Waals surface area contributed by atoms with Crippen molar-refractivity contribution >= 4 is 10.0 Å². The van der Waals surface area contributed by atoms with Gasteiger partial charge in [0.25, 0.3) is 0 Å². The van der Waals surface area contributed by atoms with E-state index in [4.69, 9.17) is 0 Å². The topological polar surface area (TPSA) is 58.2 Å². The van der Waals surface area contributed by atoms with Crippen LogP contribution in [0.5, 0.6) is 0 Å². The van der Waals surface area contributed by atoms with Crippen LogP contribution in [-0.4, -0.2) is 33.8 Å². The molecule has 2 N–H and O–H groups in total. The average Bonchev–Trinajstić information content (AvgIpc) is 2.76. The van der Waals surface area contributed by atoms with Gasteiger partial charge in [-0.05, 0) is 37.1 Å². The maximum Gasteiger partial charge on any atom is 0.211 e. The zero-order valence-electron chi connectivity index (χ0n) is 11.4. The molecule has 18 heavy (non-hydrogen) atoms. The van der Waals surface area contributed by atoms with Crippen molar-refractivity contribution in [2.45, 2.75) is 45.4 Å². The second-order valence-electron chi connectivity index (χ2n) is 6.34. The van der Waals surface area contributed by atoms with Crippen LogP contribution in [0.2, 0.25) is 0 Å². The Hall–Kier alpha value is -0.130. The largest absolute Gasteiger partial charge is 0.316 e. The van der Waals surface area contributed by atoms with E-state index in [1.807, 2.05) is 0 Å². The van der Waals surface area contributed by atoms with Crippen molar-refractivity contribution in [3.63, 3.8) is 0 Å². The van der Waals surface area contributed by atoms with Crippen molar-refractivity contribution in [2.24, 2.45) is 11.3 Å². The third kappa shape index (κ3) is 4.21. The highest BCUT2D eigenvalue weighted by Crippen LogP contribution is 2.26. The van der Waals surface area contributed by atoms with Crippen LogP contribution in [-0.2, 0) is 10.0 Å². The quantitative estimate of drug-likeness (QED) is 0.798. The van der Waals surface area contributed by atoms with E-state index in [0.29, 0.717) is 18.2 Å². The summed E-state index contributed by atoms with van der Waals surface area (Å²) in [4.78, 5) is 0. The van der Waals surface area contributed by atoms with E-state index in [1.165, 1.54) is 19.3 Å². The summed E-state index contributed by atoms with van der Waals surface area (Å²) in [5, 5.41) is 3.30. The Morgan fingerprint density at radius 2 is 2.00 bits per heavy atom. The minimum absolute atomic E-state index is 0.0969. The molecule has 0 aromatic rings. The highest BCUT2D eigenvalue weighted by atomic mass is 32.2. The molecule has 2 aliphatic rings. The van der Waals surface area contributed by atoms with Gasteiger partial charge in [-0.25, -0.2) is 13.1 Å². The molecule has 1 saturated heterocycles. The second-order valence-corrected chi connectivity index (χ2v) is 8.20. The van der Waals surface area contributed by atoms with Gasteiger partial charge in [0.05, 0.1) is 5.75 Å². The van der Waals surface area contributed by atoms with Gasteiger partial charge in [-0.15, -0.1) is 0 Å². The zero-order valence-corrected chi connectivity index (χ0v) is 12.2. The molecule has 0 spiro atoms. The summed E-state index contributed by atoms with van der Waals surface area (Å²) in [5.74, 6) is 0.710. The molecule has 4 nitrogen and oxygen atoms in total. The van der Waals surface area contributed by atoms with Crippen LogP contribution in [0.15, 0.2) is 0 Å². The van der Waals surface area contributed by atoms with E-state index in [0.717, 1.165) is 32.4 Å². The minimum atomic E-state index is -3.08. The van der Waals surface area contributed by atoms with Gasteiger partial charge in [-0.1, -0.05) is 26.2 Å². The second kappa shape index (κ2) is 5.88. The molecule has 0 aromatic heterocycles. The predicted octanol–water partition coefficient (Wildman–Crippen LogP) is 1.49. The standard InChI is InChI=1S/C13H26N2O2S/c1-13(7-8-14-10-13)11-15-18(16,17)9-12-5-3-2-4-6-12/h12,14-15H,2-11H2,1H3. The highest BCUT2D eigenvalue weighted by Gasteiger charge is 2.30. The van der Waals surface area contributed by atoms with Crippen molar-refractivity contribution in [1.82, 2.24) is 10.0 Å². The monoisotopic (exact) mass is 274 g/mol. The lowest BCUT2D eigenvalue weighted by Gasteiger charge is -2.25. The Balaban J connectivity index is 1.79. The van der Waals surface area contributed by atoms with Crippen LogP contribution in [0, 0.1) is 11.3 Å². The molecule has 106 valence electrons. The van der Waals surface area contributed by atoms with E-state index in [2.05, 4.69) is 17.0 Å². The highest BCUT2D eigenvalue weighted by molar-refractivity contribution is 7.89. The molecule has 2 rings (SSSR count). The SMILES string of the molecule is CC1(CNS(=O)(=O)CC2CCCCC2)CCNC1. The van der Waals surface area contributed by atoms with Gasteiger partial charge in [-0.3, -0.25) is 0 Å². The van der Waals surface area contributed by atoms with E-state index >= 15 is 0 Å². The minimum Gasteiger partial charge on any atom is -0.316 e. The van der Waals surface area contributed by atoms with E-state index in [-0.39, 0.29) is 5.41 Å². The first-order valence-electron chi connectivity index (χ1n) is 7.17. The molecule has 1 aliphatic heterocycles. The summed E-state index contributed by atoms with van der Waals surface area (Å²) in [6.07, 6.45) is 6.88. The lowest BCUT2D eigenvalue weighted by atomic mass is 9.90. The zero-order chi connectivity index (χ0) is 13.1. The molecule has 0 aromatic carbocycles. The van der Waals surface area contributed by atoms with Crippen molar-refractivity contribution in [2.75, 3.05) is 25.4 Å². The van der Waals surface area contributed by atoms with E-state index in [1.54, 1.807) is 0 Å². The molecule has 0 amide bonds. The fraction of sp³-hybridized carbons (Fsp3) is 1.00. The Morgan fingerprint density at radius 3 is 2.61 bits per heavy atom. The van der Waals surface area contributed by atoms with Gasteiger partial charge in [0.2, 0.25) is 10.0 Å². The first-order chi connectivity index (χ1) is 8.49. The molecule has 2 fully saturated rings. The fourth-order valence-electron chi connectivity index (χ4n) is 3.03. The van der Waals surface area contributed by atoms with Crippen LogP contribution in [0.1, 0.15) is 45.4 Å². The molecule has 0 bridgehead atoms. The van der Waals surface area contributed by atoms with Crippen LogP contribution < -0.4 is 10.0 Å². The van der Waals surface area contributed by atoms with Crippen LogP contribution >= 0.6 is 0 Å². The Bertz CT molecular complexity index is 355. The average molecular weight is 274 g/mol. The van der Waals surface area contributed by atoms with Gasteiger partial charge in [0.15, 0.2) is 0 Å². The molecule has 0 radical (unpaired) electrons. The predicted molar refractivity (Wildman–Crippen MR) is 74.0 cm³/mol. The lowest BCUT2D eigenvalue weighted by molar-refractivity contribution is 0.358. The number of sulfonamides is 1. The summed E-state index contributed by atoms with van der Waals surface area (Å²) < 4.78 is 27.0. The van der Waals surface area contributed by atoms with Crippen LogP contribution in [0.3, 0.4) is 0 Å². The van der Waals surface area contributed by atoms with Gasteiger partial charge in [0.1, 0.15) is 0 Å². The van der Waals surface area contributed by atoms with Gasteiger partial charge < -0.3 is 5.32 Å². The smallest absolute Gasteiger partial charge is 0.211 e. The molecule has 5 heteroatoms. The molecule has 1 aliphatic carbocycles. The van der Waals surface area contributed by atoms with Crippen molar-refractivity contribution in [3.8, 4) is 0 Å². The van der Waals surface area contributed by atoms with Crippen LogP contribution in [0.25, 0.3) is 0 Å². The maximum atomic E-state index is 12.1. The fourth-order valence-corrected chi connectivity index (χ4v) is 4.67. The van der Waals surface area contributed by atoms with Gasteiger partial charge in [0, 0.05) is 13.1 Å². The Labute approximate surface area is 111 Å². The number of hydrogen-bond donors (Lipinski definition) is 2. The molecular weight excluding hydrogens is 248 g/mol. The summed E-state index contributed by atoms with van der Waals surface area (Å²) in [6, 6.07) is 0. The summed E-state index contributed by atoms with van der Waals surface area (Å²) in [7, 11) is -3.08. The van der Waals surface area contributed by atoms with Crippen molar-refractivity contribution < 1.29 is 8.42 Å². The van der Waals surface area contributed by atoms with Crippen molar-refractivity contribution in [1.29, 1.82) is 0 Å². The maximum absolute atomic E-state index is 12.1. The lowest BCUT2D eigenvalue weighted by Crippen LogP contribution is -2.39. The van der Waals surface area contributed by atoms with E-state index < -0.39 is 10.0 Å². The molecule has 1 saturated carbocycles. The third-order valence-electron chi connectivity index (χ3n) is 4.36. The first-order valence-corrected chi connectivity index (χ1v) is 8.82. The Morgan fingerprint density at radius 1 is 1.28 bits per heavy atom. The van der Waals surface area contributed by atoms with E-state index in [9.17, 15) is 8.42 Å². The summed E-state index contributed by atoms with van der Waals surface area (Å²) in [5.41, 5.74) is 0.0969. The first kappa shape index (κ1) is 14.3. The molecule has 1 heterocycles. The Kier molecular flexibility index (Phi) is 4.67. The molecular formula is C13H26N2O2S. The summed E-state index contributed by atoms with van der Waals surface area (Å²) in [6.45, 7) is 4.64. The van der Waals surface area contributed by atoms with Gasteiger partial charge in [-0.2, -0.15) is 0 Å². The third-order valence-corrected chi connectivity index (χ3v) is 5.85.